The van der Waals surface area contributed by atoms with E-state index in [0.717, 1.165) is 16.5 Å². The first-order valence-electron chi connectivity index (χ1n) is 7.65. The van der Waals surface area contributed by atoms with E-state index in [1.807, 2.05) is 30.3 Å². The molecule has 110 valence electrons. The molecule has 1 aromatic carbocycles. The highest BCUT2D eigenvalue weighted by atomic mass is 16.1. The van der Waals surface area contributed by atoms with Crippen LogP contribution < -0.4 is 10.6 Å². The smallest absolute Gasteiger partial charge is 0.234 e. The van der Waals surface area contributed by atoms with E-state index in [9.17, 15) is 4.79 Å². The monoisotopic (exact) mass is 283 g/mol. The number of benzene rings is 1. The molecule has 1 fully saturated rings. The zero-order valence-electron chi connectivity index (χ0n) is 12.1. The van der Waals surface area contributed by atoms with Crippen LogP contribution in [0.25, 0.3) is 10.9 Å². The van der Waals surface area contributed by atoms with Crippen molar-refractivity contribution in [2.45, 2.75) is 38.3 Å². The third-order valence-electron chi connectivity index (χ3n) is 4.10. The summed E-state index contributed by atoms with van der Waals surface area (Å²) in [6.07, 6.45) is 6.73. The van der Waals surface area contributed by atoms with Crippen LogP contribution in [-0.2, 0) is 11.3 Å². The van der Waals surface area contributed by atoms with Crippen LogP contribution in [0.15, 0.2) is 36.5 Å². The van der Waals surface area contributed by atoms with Crippen molar-refractivity contribution in [1.29, 1.82) is 0 Å². The molecule has 21 heavy (non-hydrogen) atoms. The molecule has 1 saturated carbocycles. The number of rotatable bonds is 5. The number of aromatic nitrogens is 1. The van der Waals surface area contributed by atoms with E-state index in [4.69, 9.17) is 0 Å². The number of carbonyl (C=O) groups excluding carboxylic acids is 1. The molecule has 1 amide bonds. The van der Waals surface area contributed by atoms with Crippen molar-refractivity contribution in [2.75, 3.05) is 6.54 Å². The first-order valence-corrected chi connectivity index (χ1v) is 7.65. The summed E-state index contributed by atoms with van der Waals surface area (Å²) in [5, 5.41) is 7.41. The second-order valence-corrected chi connectivity index (χ2v) is 5.63. The van der Waals surface area contributed by atoms with Gasteiger partial charge in [0.2, 0.25) is 5.91 Å². The van der Waals surface area contributed by atoms with Gasteiger partial charge in [-0.15, -0.1) is 0 Å². The number of pyridine rings is 1. The van der Waals surface area contributed by atoms with Gasteiger partial charge < -0.3 is 10.6 Å². The third-order valence-corrected chi connectivity index (χ3v) is 4.10. The van der Waals surface area contributed by atoms with Crippen LogP contribution in [0, 0.1) is 0 Å². The van der Waals surface area contributed by atoms with E-state index in [-0.39, 0.29) is 5.91 Å². The zero-order chi connectivity index (χ0) is 14.5. The quantitative estimate of drug-likeness (QED) is 0.886. The second kappa shape index (κ2) is 6.68. The highest BCUT2D eigenvalue weighted by molar-refractivity contribution is 5.83. The average Bonchev–Trinajstić information content (AvgIpc) is 3.04. The maximum atomic E-state index is 11.9. The van der Waals surface area contributed by atoms with Gasteiger partial charge in [0.1, 0.15) is 0 Å². The van der Waals surface area contributed by atoms with E-state index < -0.39 is 0 Å². The molecule has 1 aliphatic carbocycles. The molecular formula is C17H21N3O. The Labute approximate surface area is 125 Å². The Morgan fingerprint density at radius 2 is 2.00 bits per heavy atom. The summed E-state index contributed by atoms with van der Waals surface area (Å²) in [6.45, 7) is 0.933. The summed E-state index contributed by atoms with van der Waals surface area (Å²) in [7, 11) is 0. The lowest BCUT2D eigenvalue weighted by molar-refractivity contribution is -0.120. The topological polar surface area (TPSA) is 54.0 Å². The number of amides is 1. The molecule has 0 aliphatic heterocycles. The van der Waals surface area contributed by atoms with Crippen molar-refractivity contribution in [3.8, 4) is 0 Å². The summed E-state index contributed by atoms with van der Waals surface area (Å²) in [5.74, 6) is 0.0508. The van der Waals surface area contributed by atoms with Gasteiger partial charge in [0, 0.05) is 24.2 Å². The fraction of sp³-hybridized carbons (Fsp3) is 0.412. The Balaban J connectivity index is 1.54. The van der Waals surface area contributed by atoms with Crippen molar-refractivity contribution in [1.82, 2.24) is 15.6 Å². The van der Waals surface area contributed by atoms with Gasteiger partial charge in [0.05, 0.1) is 12.1 Å². The lowest BCUT2D eigenvalue weighted by Gasteiger charge is -2.12. The highest BCUT2D eigenvalue weighted by Crippen LogP contribution is 2.17. The van der Waals surface area contributed by atoms with Crippen LogP contribution in [0.1, 0.15) is 31.2 Å². The summed E-state index contributed by atoms with van der Waals surface area (Å²) >= 11 is 0. The van der Waals surface area contributed by atoms with E-state index in [2.05, 4.69) is 15.6 Å². The van der Waals surface area contributed by atoms with Crippen LogP contribution >= 0.6 is 0 Å². The molecular weight excluding hydrogens is 262 g/mol. The number of fused-ring (bicyclic) bond motifs is 1. The van der Waals surface area contributed by atoms with Crippen molar-refractivity contribution >= 4 is 16.8 Å². The van der Waals surface area contributed by atoms with Gasteiger partial charge in [-0.25, -0.2) is 0 Å². The Hall–Kier alpha value is -1.94. The molecule has 0 unspecified atom stereocenters. The minimum atomic E-state index is 0.0508. The molecule has 0 spiro atoms. The second-order valence-electron chi connectivity index (χ2n) is 5.63. The van der Waals surface area contributed by atoms with Crippen LogP contribution in [0.5, 0.6) is 0 Å². The minimum Gasteiger partial charge on any atom is -0.351 e. The highest BCUT2D eigenvalue weighted by Gasteiger charge is 2.15. The van der Waals surface area contributed by atoms with E-state index in [1.165, 1.54) is 25.7 Å². The molecule has 4 heteroatoms. The molecule has 2 aromatic rings. The van der Waals surface area contributed by atoms with Gasteiger partial charge in [0.15, 0.2) is 0 Å². The van der Waals surface area contributed by atoms with Gasteiger partial charge in [0.25, 0.3) is 0 Å². The van der Waals surface area contributed by atoms with Crippen LogP contribution in [0.4, 0.5) is 0 Å². The predicted octanol–water partition coefficient (Wildman–Crippen LogP) is 2.38. The number of hydrogen-bond acceptors (Lipinski definition) is 3. The molecule has 0 radical (unpaired) electrons. The van der Waals surface area contributed by atoms with Gasteiger partial charge in [-0.2, -0.15) is 0 Å². The maximum absolute atomic E-state index is 11.9. The fourth-order valence-electron chi connectivity index (χ4n) is 2.93. The van der Waals surface area contributed by atoms with Gasteiger partial charge >= 0.3 is 0 Å². The molecule has 1 aliphatic rings. The normalized spacial score (nSPS) is 15.4. The predicted molar refractivity (Wildman–Crippen MR) is 83.8 cm³/mol. The summed E-state index contributed by atoms with van der Waals surface area (Å²) in [4.78, 5) is 16.3. The standard InChI is InChI=1S/C17H21N3O/c21-16(12-19-15-8-1-2-9-15)20-11-14-6-3-5-13-7-4-10-18-17(13)14/h3-7,10,15,19H,1-2,8-9,11-12H2,(H,20,21). The van der Waals surface area contributed by atoms with Crippen molar-refractivity contribution < 1.29 is 4.79 Å². The third kappa shape index (κ3) is 3.58. The molecule has 0 saturated heterocycles. The molecule has 2 N–H and O–H groups in total. The number of nitrogens with zero attached hydrogens (tertiary/aromatic N) is 1. The zero-order valence-corrected chi connectivity index (χ0v) is 12.1. The SMILES string of the molecule is O=C(CNC1CCCC1)NCc1cccc2cccnc12. The Bertz CT molecular complexity index is 615. The molecule has 1 aromatic heterocycles. The van der Waals surface area contributed by atoms with Crippen LogP contribution in [0.2, 0.25) is 0 Å². The fourth-order valence-corrected chi connectivity index (χ4v) is 2.93. The Kier molecular flexibility index (Phi) is 4.46. The van der Waals surface area contributed by atoms with Gasteiger partial charge in [-0.3, -0.25) is 9.78 Å². The van der Waals surface area contributed by atoms with Crippen LogP contribution in [-0.4, -0.2) is 23.5 Å². The molecule has 4 nitrogen and oxygen atoms in total. The average molecular weight is 283 g/mol. The van der Waals surface area contributed by atoms with E-state index in [1.54, 1.807) is 6.20 Å². The number of carbonyl (C=O) groups is 1. The van der Waals surface area contributed by atoms with Crippen molar-refractivity contribution in [3.05, 3.63) is 42.1 Å². The van der Waals surface area contributed by atoms with Gasteiger partial charge in [-0.05, 0) is 24.5 Å². The summed E-state index contributed by atoms with van der Waals surface area (Å²) < 4.78 is 0. The first kappa shape index (κ1) is 14.0. The van der Waals surface area contributed by atoms with Crippen molar-refractivity contribution in [3.63, 3.8) is 0 Å². The van der Waals surface area contributed by atoms with Crippen molar-refractivity contribution in [2.24, 2.45) is 0 Å². The lowest BCUT2D eigenvalue weighted by atomic mass is 10.1. The maximum Gasteiger partial charge on any atom is 0.234 e. The Morgan fingerprint density at radius 1 is 1.19 bits per heavy atom. The number of para-hydroxylation sites is 1. The van der Waals surface area contributed by atoms with Crippen LogP contribution in [0.3, 0.4) is 0 Å². The molecule has 1 heterocycles. The molecule has 0 bridgehead atoms. The van der Waals surface area contributed by atoms with Gasteiger partial charge in [-0.1, -0.05) is 37.1 Å². The Morgan fingerprint density at radius 3 is 2.86 bits per heavy atom. The molecule has 0 atom stereocenters. The molecule has 3 rings (SSSR count). The first-order chi connectivity index (χ1) is 10.3. The number of hydrogen-bond donors (Lipinski definition) is 2. The minimum absolute atomic E-state index is 0.0508. The summed E-state index contributed by atoms with van der Waals surface area (Å²) in [5.41, 5.74) is 2.02. The largest absolute Gasteiger partial charge is 0.351 e. The van der Waals surface area contributed by atoms with E-state index >= 15 is 0 Å². The lowest BCUT2D eigenvalue weighted by Crippen LogP contribution is -2.37. The summed E-state index contributed by atoms with van der Waals surface area (Å²) in [6, 6.07) is 10.5. The number of nitrogens with one attached hydrogen (secondary N) is 2. The van der Waals surface area contributed by atoms with E-state index in [0.29, 0.717) is 19.1 Å².